The molecule has 0 bridgehead atoms. The van der Waals surface area contributed by atoms with Gasteiger partial charge in [-0.25, -0.2) is 4.85 Å². The molecular weight excluding hydrogens is 562 g/mol. The van der Waals surface area contributed by atoms with Crippen molar-refractivity contribution in [1.82, 2.24) is 9.13 Å². The Balaban J connectivity index is 1.52. The summed E-state index contributed by atoms with van der Waals surface area (Å²) < 4.78 is 4.78. The van der Waals surface area contributed by atoms with Crippen molar-refractivity contribution in [2.24, 2.45) is 0 Å². The molecule has 0 radical (unpaired) electrons. The molecule has 46 heavy (non-hydrogen) atoms. The van der Waals surface area contributed by atoms with E-state index in [0.29, 0.717) is 11.3 Å². The smallest absolute Gasteiger partial charge is 0.187 e. The van der Waals surface area contributed by atoms with Crippen molar-refractivity contribution < 1.29 is 0 Å². The topological polar surface area (TPSA) is 41.2 Å². The van der Waals surface area contributed by atoms with Gasteiger partial charge in [0, 0.05) is 33.3 Å². The minimum Gasteiger partial charge on any atom is -0.335 e. The van der Waals surface area contributed by atoms with Crippen LogP contribution >= 0.6 is 0 Å². The van der Waals surface area contributed by atoms with Gasteiger partial charge in [-0.2, -0.15) is 5.26 Å². The second kappa shape index (κ2) is 9.60. The van der Waals surface area contributed by atoms with Gasteiger partial charge in [0.1, 0.15) is 0 Å². The quantitative estimate of drug-likeness (QED) is 0.192. The number of nitrogens with zero attached hydrogens (tertiary/aromatic N) is 5. The third-order valence-electron chi connectivity index (χ3n) is 9.37. The normalized spacial score (nSPS) is 12.2. The van der Waals surface area contributed by atoms with Crippen LogP contribution in [0.1, 0.15) is 19.4 Å². The minimum atomic E-state index is 0.145. The standard InChI is InChI=1S/C41H27N5/c1-25(2)44-36-21-26(24-42)13-19-35(36)46-34-20-16-28(27-14-17-29(43-3)18-15-27)22-32(34)40-39-31-11-7-8-12-33(31)45(30-9-5-4-6-10-30)37(39)23-38(44)41(40)46/h4-23,25H,1-2H3. The van der Waals surface area contributed by atoms with Gasteiger partial charge >= 0.3 is 0 Å². The Labute approximate surface area is 266 Å². The van der Waals surface area contributed by atoms with E-state index in [1.807, 2.05) is 36.4 Å². The molecule has 1 aliphatic heterocycles. The van der Waals surface area contributed by atoms with Crippen LogP contribution in [0.15, 0.2) is 121 Å². The summed E-state index contributed by atoms with van der Waals surface area (Å²) in [5.41, 5.74) is 12.4. The van der Waals surface area contributed by atoms with Crippen molar-refractivity contribution in [1.29, 1.82) is 5.26 Å². The zero-order chi connectivity index (χ0) is 31.1. The lowest BCUT2D eigenvalue weighted by molar-refractivity contribution is 0.781. The second-order valence-electron chi connectivity index (χ2n) is 12.2. The highest BCUT2D eigenvalue weighted by Crippen LogP contribution is 2.52. The third-order valence-corrected chi connectivity index (χ3v) is 9.37. The summed E-state index contributed by atoms with van der Waals surface area (Å²) in [6.07, 6.45) is 0. The lowest BCUT2D eigenvalue weighted by Gasteiger charge is -2.36. The first kappa shape index (κ1) is 26.1. The molecule has 3 heterocycles. The maximum absolute atomic E-state index is 9.90. The highest BCUT2D eigenvalue weighted by molar-refractivity contribution is 6.32. The molecule has 8 aromatic rings. The van der Waals surface area contributed by atoms with Crippen LogP contribution in [0.5, 0.6) is 0 Å². The molecule has 9 rings (SSSR count). The molecule has 0 saturated carbocycles. The summed E-state index contributed by atoms with van der Waals surface area (Å²) in [7, 11) is 0. The molecule has 0 amide bonds. The number of nitriles is 1. The first-order valence-electron chi connectivity index (χ1n) is 15.5. The predicted molar refractivity (Wildman–Crippen MR) is 189 cm³/mol. The third kappa shape index (κ3) is 3.49. The van der Waals surface area contributed by atoms with Crippen molar-refractivity contribution in [2.45, 2.75) is 19.9 Å². The fourth-order valence-electron chi connectivity index (χ4n) is 7.50. The van der Waals surface area contributed by atoms with Gasteiger partial charge in [0.2, 0.25) is 0 Å². The fraction of sp³-hybridized carbons (Fsp3) is 0.0732. The van der Waals surface area contributed by atoms with Gasteiger partial charge in [-0.05, 0) is 79.6 Å². The maximum atomic E-state index is 9.90. The number of rotatable bonds is 3. The Kier molecular flexibility index (Phi) is 5.45. The van der Waals surface area contributed by atoms with Crippen molar-refractivity contribution >= 4 is 60.7 Å². The van der Waals surface area contributed by atoms with E-state index in [2.05, 4.69) is 124 Å². The Bertz CT molecular complexity index is 2620. The number of benzene rings is 6. The fourth-order valence-corrected chi connectivity index (χ4v) is 7.50. The van der Waals surface area contributed by atoms with Gasteiger partial charge in [-0.15, -0.1) is 0 Å². The van der Waals surface area contributed by atoms with Crippen LogP contribution < -0.4 is 4.90 Å². The molecule has 6 aromatic carbocycles. The Morgan fingerprint density at radius 2 is 1.37 bits per heavy atom. The Morgan fingerprint density at radius 1 is 0.630 bits per heavy atom. The summed E-state index contributed by atoms with van der Waals surface area (Å²) >= 11 is 0. The predicted octanol–water partition coefficient (Wildman–Crippen LogP) is 10.8. The number of aromatic nitrogens is 2. The van der Waals surface area contributed by atoms with E-state index in [0.717, 1.165) is 50.4 Å². The van der Waals surface area contributed by atoms with Gasteiger partial charge in [-0.1, -0.05) is 66.7 Å². The molecule has 0 N–H and O–H groups in total. The number of fused-ring (bicyclic) bond motifs is 9. The van der Waals surface area contributed by atoms with Crippen LogP contribution in [0.2, 0.25) is 0 Å². The number of anilines is 2. The second-order valence-corrected chi connectivity index (χ2v) is 12.2. The van der Waals surface area contributed by atoms with Gasteiger partial charge in [0.15, 0.2) is 5.69 Å². The van der Waals surface area contributed by atoms with Gasteiger partial charge in [0.05, 0.1) is 57.3 Å². The van der Waals surface area contributed by atoms with E-state index in [-0.39, 0.29) is 6.04 Å². The van der Waals surface area contributed by atoms with Gasteiger partial charge in [0.25, 0.3) is 0 Å². The summed E-state index contributed by atoms with van der Waals surface area (Å²) in [5, 5.41) is 14.7. The highest BCUT2D eigenvalue weighted by atomic mass is 15.2. The SMILES string of the molecule is [C-]#[N+]c1ccc(-c2ccc3c(c2)c2c4c5ccccc5n(-c5ccccc5)c4cc4c2n3-c2ccc(C#N)cc2N4C(C)C)cc1. The molecule has 0 fully saturated rings. The molecule has 0 unspecified atom stereocenters. The summed E-state index contributed by atoms with van der Waals surface area (Å²) in [5.74, 6) is 0. The van der Waals surface area contributed by atoms with Crippen LogP contribution in [-0.2, 0) is 0 Å². The molecule has 0 aliphatic carbocycles. The highest BCUT2D eigenvalue weighted by Gasteiger charge is 2.32. The van der Waals surface area contributed by atoms with Crippen molar-refractivity contribution in [3.8, 4) is 28.6 Å². The van der Waals surface area contributed by atoms with E-state index >= 15 is 0 Å². The van der Waals surface area contributed by atoms with Crippen molar-refractivity contribution in [2.75, 3.05) is 4.90 Å². The maximum Gasteiger partial charge on any atom is 0.187 e. The van der Waals surface area contributed by atoms with Gasteiger partial charge < -0.3 is 14.0 Å². The van der Waals surface area contributed by atoms with E-state index in [1.165, 1.54) is 27.1 Å². The Morgan fingerprint density at radius 3 is 2.13 bits per heavy atom. The molecule has 5 nitrogen and oxygen atoms in total. The van der Waals surface area contributed by atoms with Gasteiger partial charge in [-0.3, -0.25) is 0 Å². The summed E-state index contributed by atoms with van der Waals surface area (Å²) in [6, 6.07) is 44.8. The zero-order valence-corrected chi connectivity index (χ0v) is 25.4. The Hall–Kier alpha value is -6.30. The average molecular weight is 590 g/mol. The van der Waals surface area contributed by atoms with E-state index in [9.17, 15) is 5.26 Å². The van der Waals surface area contributed by atoms with E-state index in [4.69, 9.17) is 6.57 Å². The molecule has 2 aromatic heterocycles. The first-order chi connectivity index (χ1) is 22.6. The molecule has 0 atom stereocenters. The minimum absolute atomic E-state index is 0.145. The molecule has 5 heteroatoms. The lowest BCUT2D eigenvalue weighted by Crippen LogP contribution is -2.29. The summed E-state index contributed by atoms with van der Waals surface area (Å²) in [4.78, 5) is 5.99. The van der Waals surface area contributed by atoms with Crippen LogP contribution in [-0.4, -0.2) is 15.2 Å². The molecule has 0 spiro atoms. The van der Waals surface area contributed by atoms with Crippen LogP contribution in [0.4, 0.5) is 17.1 Å². The first-order valence-corrected chi connectivity index (χ1v) is 15.5. The van der Waals surface area contributed by atoms with Crippen LogP contribution in [0, 0.1) is 17.9 Å². The average Bonchev–Trinajstić information content (AvgIpc) is 3.61. The molecule has 0 saturated heterocycles. The summed E-state index contributed by atoms with van der Waals surface area (Å²) in [6.45, 7) is 11.8. The molecular formula is C41H27N5. The van der Waals surface area contributed by atoms with Crippen LogP contribution in [0.25, 0.3) is 71.0 Å². The van der Waals surface area contributed by atoms with E-state index < -0.39 is 0 Å². The van der Waals surface area contributed by atoms with Crippen LogP contribution in [0.3, 0.4) is 0 Å². The molecule has 1 aliphatic rings. The van der Waals surface area contributed by atoms with Crippen molar-refractivity contribution in [3.05, 3.63) is 138 Å². The monoisotopic (exact) mass is 589 g/mol. The number of hydrogen-bond acceptors (Lipinski definition) is 2. The van der Waals surface area contributed by atoms with Crippen molar-refractivity contribution in [3.63, 3.8) is 0 Å². The lowest BCUT2D eigenvalue weighted by atomic mass is 9.99. The molecule has 216 valence electrons. The van der Waals surface area contributed by atoms with E-state index in [1.54, 1.807) is 0 Å². The number of hydrogen-bond donors (Lipinski definition) is 0. The zero-order valence-electron chi connectivity index (χ0n) is 25.4. The largest absolute Gasteiger partial charge is 0.335 e. The number of para-hydroxylation sites is 2.